The van der Waals surface area contributed by atoms with E-state index in [1.807, 2.05) is 18.2 Å². The molecule has 1 atom stereocenters. The Morgan fingerprint density at radius 3 is 2.79 bits per heavy atom. The van der Waals surface area contributed by atoms with Crippen LogP contribution in [0.1, 0.15) is 5.56 Å². The average Bonchev–Trinajstić information content (AvgIpc) is 2.37. The molecule has 6 heteroatoms. The van der Waals surface area contributed by atoms with Crippen molar-refractivity contribution in [3.05, 3.63) is 35.9 Å². The fourth-order valence-corrected chi connectivity index (χ4v) is 2.46. The Kier molecular flexibility index (Phi) is 4.93. The summed E-state index contributed by atoms with van der Waals surface area (Å²) in [6.07, 6.45) is 0.865. The van der Waals surface area contributed by atoms with Gasteiger partial charge in [-0.3, -0.25) is 9.08 Å². The fraction of sp³-hybridized carbons (Fsp3) is 0.538. The van der Waals surface area contributed by atoms with Gasteiger partial charge in [-0.25, -0.2) is 0 Å². The van der Waals surface area contributed by atoms with Gasteiger partial charge in [-0.1, -0.05) is 30.3 Å². The van der Waals surface area contributed by atoms with Crippen molar-refractivity contribution >= 4 is 10.1 Å². The summed E-state index contributed by atoms with van der Waals surface area (Å²) in [6, 6.07) is 10.2. The van der Waals surface area contributed by atoms with Crippen molar-refractivity contribution in [2.45, 2.75) is 12.6 Å². The predicted molar refractivity (Wildman–Crippen MR) is 72.3 cm³/mol. The van der Waals surface area contributed by atoms with Crippen molar-refractivity contribution in [2.24, 2.45) is 0 Å². The topological polar surface area (TPSA) is 55.8 Å². The molecule has 0 spiro atoms. The molecule has 1 aromatic rings. The number of nitrogens with zero attached hydrogens (tertiary/aromatic N) is 1. The van der Waals surface area contributed by atoms with Crippen molar-refractivity contribution in [1.29, 1.82) is 0 Å². The summed E-state index contributed by atoms with van der Waals surface area (Å²) in [5.74, 6) is 0. The van der Waals surface area contributed by atoms with Crippen LogP contribution in [0.25, 0.3) is 0 Å². The van der Waals surface area contributed by atoms with Crippen molar-refractivity contribution in [3.63, 3.8) is 0 Å². The summed E-state index contributed by atoms with van der Waals surface area (Å²) < 4.78 is 32.2. The molecule has 1 aliphatic rings. The van der Waals surface area contributed by atoms with Gasteiger partial charge < -0.3 is 4.74 Å². The first-order chi connectivity index (χ1) is 9.03. The lowest BCUT2D eigenvalue weighted by Crippen LogP contribution is -2.44. The van der Waals surface area contributed by atoms with Crippen LogP contribution < -0.4 is 0 Å². The maximum absolute atomic E-state index is 11.0. The Balaban J connectivity index is 1.84. The van der Waals surface area contributed by atoms with E-state index in [0.717, 1.165) is 19.3 Å². The van der Waals surface area contributed by atoms with E-state index in [1.54, 1.807) is 0 Å². The first-order valence-corrected chi connectivity index (χ1v) is 8.07. The fourth-order valence-electron chi connectivity index (χ4n) is 2.07. The highest BCUT2D eigenvalue weighted by Gasteiger charge is 2.22. The van der Waals surface area contributed by atoms with Gasteiger partial charge >= 0.3 is 0 Å². The van der Waals surface area contributed by atoms with Crippen molar-refractivity contribution in [2.75, 3.05) is 32.6 Å². The van der Waals surface area contributed by atoms with Gasteiger partial charge in [0, 0.05) is 19.6 Å². The normalized spacial score (nSPS) is 21.4. The molecule has 0 amide bonds. The van der Waals surface area contributed by atoms with E-state index >= 15 is 0 Å². The van der Waals surface area contributed by atoms with Crippen LogP contribution in [0.15, 0.2) is 30.3 Å². The van der Waals surface area contributed by atoms with E-state index in [-0.39, 0.29) is 12.7 Å². The third-order valence-corrected chi connectivity index (χ3v) is 3.50. The molecule has 0 aromatic heterocycles. The van der Waals surface area contributed by atoms with Gasteiger partial charge in [-0.2, -0.15) is 8.42 Å². The summed E-state index contributed by atoms with van der Waals surface area (Å²) in [7, 11) is -3.40. The lowest BCUT2D eigenvalue weighted by atomic mass is 10.2. The maximum atomic E-state index is 11.0. The molecular formula is C13H19NO4S. The summed E-state index contributed by atoms with van der Waals surface area (Å²) in [5.41, 5.74) is 1.24. The van der Waals surface area contributed by atoms with Gasteiger partial charge in [0.1, 0.15) is 0 Å². The minimum atomic E-state index is -3.40. The second-order valence-electron chi connectivity index (χ2n) is 4.70. The van der Waals surface area contributed by atoms with Gasteiger partial charge in [0.25, 0.3) is 10.1 Å². The summed E-state index contributed by atoms with van der Waals surface area (Å²) in [6.45, 7) is 3.07. The Morgan fingerprint density at radius 2 is 2.11 bits per heavy atom. The first-order valence-electron chi connectivity index (χ1n) is 6.25. The monoisotopic (exact) mass is 285 g/mol. The zero-order valence-electron chi connectivity index (χ0n) is 11.0. The van der Waals surface area contributed by atoms with Crippen LogP contribution in [-0.4, -0.2) is 52.0 Å². The second kappa shape index (κ2) is 6.47. The Labute approximate surface area is 114 Å². The van der Waals surface area contributed by atoms with Crippen LogP contribution in [0.4, 0.5) is 0 Å². The van der Waals surface area contributed by atoms with Gasteiger partial charge in [0.15, 0.2) is 0 Å². The molecule has 0 N–H and O–H groups in total. The van der Waals surface area contributed by atoms with Crippen LogP contribution >= 0.6 is 0 Å². The Bertz CT molecular complexity index is 489. The SMILES string of the molecule is CS(=O)(=O)OC[C@H]1CN(Cc2ccccc2)CCO1. The number of hydrogen-bond acceptors (Lipinski definition) is 5. The molecule has 0 aliphatic carbocycles. The van der Waals surface area contributed by atoms with Crippen LogP contribution in [0, 0.1) is 0 Å². The third-order valence-electron chi connectivity index (χ3n) is 2.94. The van der Waals surface area contributed by atoms with Crippen LogP contribution in [0.3, 0.4) is 0 Å². The van der Waals surface area contributed by atoms with Crippen molar-refractivity contribution in [1.82, 2.24) is 4.90 Å². The van der Waals surface area contributed by atoms with Gasteiger partial charge in [-0.15, -0.1) is 0 Å². The summed E-state index contributed by atoms with van der Waals surface area (Å²) in [4.78, 5) is 2.25. The van der Waals surface area contributed by atoms with Gasteiger partial charge in [-0.05, 0) is 5.56 Å². The van der Waals surface area contributed by atoms with E-state index in [1.165, 1.54) is 5.56 Å². The smallest absolute Gasteiger partial charge is 0.264 e. The Morgan fingerprint density at radius 1 is 1.37 bits per heavy atom. The highest BCUT2D eigenvalue weighted by Crippen LogP contribution is 2.11. The van der Waals surface area contributed by atoms with Crippen LogP contribution in [0.2, 0.25) is 0 Å². The van der Waals surface area contributed by atoms with E-state index in [2.05, 4.69) is 17.0 Å². The molecule has 0 bridgehead atoms. The number of hydrogen-bond donors (Lipinski definition) is 0. The molecular weight excluding hydrogens is 266 g/mol. The number of ether oxygens (including phenoxy) is 1. The molecule has 1 heterocycles. The van der Waals surface area contributed by atoms with E-state index in [9.17, 15) is 8.42 Å². The number of rotatable bonds is 5. The van der Waals surface area contributed by atoms with Gasteiger partial charge in [0.2, 0.25) is 0 Å². The van der Waals surface area contributed by atoms with E-state index in [0.29, 0.717) is 13.2 Å². The minimum absolute atomic E-state index is 0.0874. The minimum Gasteiger partial charge on any atom is -0.373 e. The van der Waals surface area contributed by atoms with Crippen LogP contribution in [-0.2, 0) is 25.6 Å². The molecule has 1 aromatic carbocycles. The molecule has 106 valence electrons. The highest BCUT2D eigenvalue weighted by atomic mass is 32.2. The molecule has 5 nitrogen and oxygen atoms in total. The molecule has 2 rings (SSSR count). The predicted octanol–water partition coefficient (Wildman–Crippen LogP) is 0.864. The number of morpholine rings is 1. The third kappa shape index (κ3) is 5.28. The largest absolute Gasteiger partial charge is 0.373 e. The van der Waals surface area contributed by atoms with Crippen LogP contribution in [0.5, 0.6) is 0 Å². The van der Waals surface area contributed by atoms with Gasteiger partial charge in [0.05, 0.1) is 25.6 Å². The van der Waals surface area contributed by atoms with E-state index < -0.39 is 10.1 Å². The molecule has 0 saturated carbocycles. The maximum Gasteiger partial charge on any atom is 0.264 e. The molecule has 1 aliphatic heterocycles. The standard InChI is InChI=1S/C13H19NO4S/c1-19(15,16)18-11-13-10-14(7-8-17-13)9-12-5-3-2-4-6-12/h2-6,13H,7-11H2,1H3/t13-/m1/s1. The summed E-state index contributed by atoms with van der Waals surface area (Å²) >= 11 is 0. The molecule has 0 radical (unpaired) electrons. The Hall–Kier alpha value is -0.950. The second-order valence-corrected chi connectivity index (χ2v) is 6.35. The lowest BCUT2D eigenvalue weighted by Gasteiger charge is -2.32. The lowest BCUT2D eigenvalue weighted by molar-refractivity contribution is -0.0493. The van der Waals surface area contributed by atoms with Crippen molar-refractivity contribution < 1.29 is 17.3 Å². The first kappa shape index (κ1) is 14.5. The zero-order chi connectivity index (χ0) is 13.7. The van der Waals surface area contributed by atoms with E-state index in [4.69, 9.17) is 8.92 Å². The zero-order valence-corrected chi connectivity index (χ0v) is 11.8. The van der Waals surface area contributed by atoms with Crippen molar-refractivity contribution in [3.8, 4) is 0 Å². The molecule has 19 heavy (non-hydrogen) atoms. The highest BCUT2D eigenvalue weighted by molar-refractivity contribution is 7.85. The number of benzene rings is 1. The molecule has 1 fully saturated rings. The average molecular weight is 285 g/mol. The summed E-state index contributed by atoms with van der Waals surface area (Å²) in [5, 5.41) is 0. The quantitative estimate of drug-likeness (QED) is 0.751. The molecule has 1 saturated heterocycles. The molecule has 0 unspecified atom stereocenters.